The smallest absolute Gasteiger partial charge is 0.355 e. The second-order valence-electron chi connectivity index (χ2n) is 9.21. The van der Waals surface area contributed by atoms with E-state index >= 15 is 0 Å². The van der Waals surface area contributed by atoms with Gasteiger partial charge >= 0.3 is 5.97 Å². The molecule has 7 nitrogen and oxygen atoms in total. The van der Waals surface area contributed by atoms with E-state index in [1.54, 1.807) is 58.9 Å². The van der Waals surface area contributed by atoms with Gasteiger partial charge in [0.25, 0.3) is 0 Å². The summed E-state index contributed by atoms with van der Waals surface area (Å²) in [7, 11) is 0. The van der Waals surface area contributed by atoms with Crippen molar-refractivity contribution in [1.29, 1.82) is 0 Å². The Morgan fingerprint density at radius 1 is 1.06 bits per heavy atom. The van der Waals surface area contributed by atoms with Crippen LogP contribution in [0.2, 0.25) is 0 Å². The summed E-state index contributed by atoms with van der Waals surface area (Å²) in [6.07, 6.45) is -0.0669. The first-order valence-electron chi connectivity index (χ1n) is 10.8. The van der Waals surface area contributed by atoms with E-state index < -0.39 is 39.0 Å². The molecule has 1 aromatic carbocycles. The number of esters is 1. The fourth-order valence-corrected chi connectivity index (χ4v) is 4.43. The number of ketones is 1. The van der Waals surface area contributed by atoms with Crippen molar-refractivity contribution in [3.63, 3.8) is 0 Å². The molecule has 2 atom stereocenters. The van der Waals surface area contributed by atoms with Crippen molar-refractivity contribution < 1.29 is 28.7 Å². The first-order valence-corrected chi connectivity index (χ1v) is 12.8. The highest BCUT2D eigenvalue weighted by atomic mass is 35.6. The molecule has 35 heavy (non-hydrogen) atoms. The number of carbonyl (C=O) groups excluding carboxylic acids is 4. The summed E-state index contributed by atoms with van der Waals surface area (Å²) in [5, 5.41) is -1.17. The van der Waals surface area contributed by atoms with Crippen LogP contribution in [0.4, 0.5) is 0 Å². The van der Waals surface area contributed by atoms with E-state index in [1.165, 1.54) is 4.90 Å². The lowest BCUT2D eigenvalue weighted by Crippen LogP contribution is -2.61. The third-order valence-corrected chi connectivity index (χ3v) is 6.51. The molecule has 11 heteroatoms. The Hall–Kier alpha value is -1.74. The quantitative estimate of drug-likeness (QED) is 0.173. The molecule has 0 radical (unpaired) electrons. The largest absolute Gasteiger partial charge is 0.485 e. The summed E-state index contributed by atoms with van der Waals surface area (Å²) in [6, 6.07) is 8.79. The van der Waals surface area contributed by atoms with Crippen molar-refractivity contribution in [3.8, 4) is 5.75 Å². The number of nitrogens with zero attached hydrogens (tertiary/aromatic N) is 1. The summed E-state index contributed by atoms with van der Waals surface area (Å²) >= 11 is 17.9. The summed E-state index contributed by atoms with van der Waals surface area (Å²) in [6.45, 7) is 7.73. The Bertz CT molecular complexity index is 997. The van der Waals surface area contributed by atoms with Gasteiger partial charge in [0.1, 0.15) is 29.2 Å². The molecule has 0 N–H and O–H groups in total. The molecule has 1 aliphatic rings. The molecule has 1 aromatic rings. The van der Waals surface area contributed by atoms with Gasteiger partial charge in [-0.05, 0) is 31.6 Å². The maximum Gasteiger partial charge on any atom is 0.355 e. The number of ether oxygens (including phenoxy) is 2. The Morgan fingerprint density at radius 3 is 2.17 bits per heavy atom. The van der Waals surface area contributed by atoms with Crippen molar-refractivity contribution >= 4 is 69.3 Å². The number of hydrogen-bond donors (Lipinski definition) is 0. The van der Waals surface area contributed by atoms with Gasteiger partial charge in [0.2, 0.25) is 14.8 Å². The number of likely N-dealkylation sites (tertiary alicyclic amines) is 1. The van der Waals surface area contributed by atoms with Crippen molar-refractivity contribution in [2.75, 3.05) is 13.2 Å². The highest BCUT2D eigenvalue weighted by molar-refractivity contribution is 8.14. The zero-order chi connectivity index (χ0) is 26.6. The van der Waals surface area contributed by atoms with E-state index in [2.05, 4.69) is 0 Å². The molecule has 1 heterocycles. The number of amides is 1. The van der Waals surface area contributed by atoms with Crippen LogP contribution in [0.15, 0.2) is 41.6 Å². The number of rotatable bonds is 9. The number of halogens is 3. The molecule has 0 bridgehead atoms. The zero-order valence-corrected chi connectivity index (χ0v) is 23.2. The number of Topliss-reactive ketones (excluding diaryl/α,β-unsaturated/α-hetero) is 1. The molecular weight excluding hydrogens is 537 g/mol. The van der Waals surface area contributed by atoms with Gasteiger partial charge in [-0.15, -0.1) is 0 Å². The van der Waals surface area contributed by atoms with Gasteiger partial charge in [-0.25, -0.2) is 4.79 Å². The minimum Gasteiger partial charge on any atom is -0.485 e. The number of β-lactam (4-membered cyclic amide) rings is 1. The maximum absolute atomic E-state index is 13.1. The minimum atomic E-state index is -1.83. The van der Waals surface area contributed by atoms with Crippen LogP contribution in [-0.2, 0) is 23.9 Å². The normalized spacial score (nSPS) is 17.9. The van der Waals surface area contributed by atoms with E-state index in [0.29, 0.717) is 11.3 Å². The summed E-state index contributed by atoms with van der Waals surface area (Å²) in [4.78, 5) is 52.6. The molecular formula is C24H28Cl3NO6S. The van der Waals surface area contributed by atoms with E-state index in [0.717, 1.165) is 11.8 Å². The molecule has 0 unspecified atom stereocenters. The average molecular weight is 565 g/mol. The molecule has 192 valence electrons. The Balaban J connectivity index is 2.25. The van der Waals surface area contributed by atoms with Crippen LogP contribution in [0.1, 0.15) is 41.0 Å². The first-order chi connectivity index (χ1) is 16.1. The topological polar surface area (TPSA) is 90.0 Å². The Morgan fingerprint density at radius 2 is 1.66 bits per heavy atom. The number of alkyl halides is 3. The van der Waals surface area contributed by atoms with Gasteiger partial charge in [-0.1, -0.05) is 85.5 Å². The van der Waals surface area contributed by atoms with Crippen LogP contribution >= 0.6 is 46.6 Å². The highest BCUT2D eigenvalue weighted by Gasteiger charge is 2.53. The monoisotopic (exact) mass is 563 g/mol. The summed E-state index contributed by atoms with van der Waals surface area (Å²) in [5.74, 6) is -1.74. The Labute approximate surface area is 224 Å². The molecule has 1 fully saturated rings. The molecule has 1 saturated heterocycles. The molecule has 0 aliphatic carbocycles. The van der Waals surface area contributed by atoms with Crippen LogP contribution < -0.4 is 4.74 Å². The van der Waals surface area contributed by atoms with Crippen molar-refractivity contribution in [2.45, 2.75) is 50.2 Å². The van der Waals surface area contributed by atoms with Crippen molar-refractivity contribution in [2.24, 2.45) is 11.3 Å². The molecule has 1 aliphatic heterocycles. The van der Waals surface area contributed by atoms with Gasteiger partial charge in [0.15, 0.2) is 6.61 Å². The SMILES string of the molecule is CC(C)=C(C(=O)OCC(Cl)(Cl)Cl)N1C(=O)[C@@H](CC(=O)C(C)(C)C)[C@H]1SC(=O)COc1ccccc1. The second-order valence-corrected chi connectivity index (χ2v) is 12.9. The lowest BCUT2D eigenvalue weighted by molar-refractivity contribution is -0.156. The summed E-state index contributed by atoms with van der Waals surface area (Å²) < 4.78 is 8.77. The second kappa shape index (κ2) is 12.0. The lowest BCUT2D eigenvalue weighted by atomic mass is 9.82. The molecule has 0 spiro atoms. The predicted octanol–water partition coefficient (Wildman–Crippen LogP) is 5.32. The van der Waals surface area contributed by atoms with Crippen LogP contribution in [0.5, 0.6) is 5.75 Å². The van der Waals surface area contributed by atoms with Crippen LogP contribution in [-0.4, -0.2) is 50.1 Å². The minimum absolute atomic E-state index is 0.0574. The third kappa shape index (κ3) is 8.41. The average Bonchev–Trinajstić information content (AvgIpc) is 2.76. The molecule has 0 aromatic heterocycles. The van der Waals surface area contributed by atoms with Crippen molar-refractivity contribution in [1.82, 2.24) is 4.90 Å². The van der Waals surface area contributed by atoms with Crippen LogP contribution in [0.25, 0.3) is 0 Å². The van der Waals surface area contributed by atoms with E-state index in [-0.39, 0.29) is 29.6 Å². The number of thioether (sulfide) groups is 1. The molecule has 2 rings (SSSR count). The summed E-state index contributed by atoms with van der Waals surface area (Å²) in [5.41, 5.74) is -0.260. The van der Waals surface area contributed by atoms with Crippen LogP contribution in [0.3, 0.4) is 0 Å². The predicted molar refractivity (Wildman–Crippen MR) is 137 cm³/mol. The van der Waals surface area contributed by atoms with Crippen LogP contribution in [0, 0.1) is 11.3 Å². The fourth-order valence-electron chi connectivity index (χ4n) is 3.18. The van der Waals surface area contributed by atoms with E-state index in [4.69, 9.17) is 44.3 Å². The third-order valence-electron chi connectivity index (χ3n) is 5.02. The standard InChI is InChI=1S/C24H28Cl3NO6S/c1-14(2)19(22(32)34-13-24(25,26)27)28-20(31)16(11-17(29)23(3,4)5)21(28)35-18(30)12-33-15-9-7-6-8-10-15/h6-10,16,21H,11-13H2,1-5H3/t16-,21-/m1/s1. The number of hydrogen-bond acceptors (Lipinski definition) is 7. The first kappa shape index (κ1) is 29.5. The molecule has 1 amide bonds. The van der Waals surface area contributed by atoms with Gasteiger partial charge < -0.3 is 9.47 Å². The zero-order valence-electron chi connectivity index (χ0n) is 20.1. The molecule has 0 saturated carbocycles. The number of carbonyl (C=O) groups is 4. The fraction of sp³-hybridized carbons (Fsp3) is 0.500. The number of para-hydroxylation sites is 1. The van der Waals surface area contributed by atoms with Gasteiger partial charge in [0.05, 0.1) is 5.92 Å². The maximum atomic E-state index is 13.1. The van der Waals surface area contributed by atoms with E-state index in [9.17, 15) is 19.2 Å². The number of allylic oxidation sites excluding steroid dienone is 1. The lowest BCUT2D eigenvalue weighted by Gasteiger charge is -2.47. The van der Waals surface area contributed by atoms with Gasteiger partial charge in [0, 0.05) is 11.8 Å². The van der Waals surface area contributed by atoms with Crippen molar-refractivity contribution in [3.05, 3.63) is 41.6 Å². The Kier molecular flexibility index (Phi) is 10.1. The highest BCUT2D eigenvalue weighted by Crippen LogP contribution is 2.43. The van der Waals surface area contributed by atoms with Gasteiger partial charge in [-0.2, -0.15) is 0 Å². The van der Waals surface area contributed by atoms with E-state index in [1.807, 2.05) is 6.07 Å². The number of benzene rings is 1. The van der Waals surface area contributed by atoms with Gasteiger partial charge in [-0.3, -0.25) is 19.3 Å².